The van der Waals surface area contributed by atoms with Crippen LogP contribution in [0.25, 0.3) is 0 Å². The highest BCUT2D eigenvalue weighted by Crippen LogP contribution is 2.55. The van der Waals surface area contributed by atoms with E-state index in [1.807, 2.05) is 0 Å². The maximum atomic E-state index is 10.0. The molecule has 0 amide bonds. The third-order valence-corrected chi connectivity index (χ3v) is 10.5. The molecule has 1 fully saturated rings. The largest absolute Gasteiger partial charge is 0.456 e. The molecule has 148 valence electrons. The average Bonchev–Trinajstić information content (AvgIpc) is 3.28. The van der Waals surface area contributed by atoms with Gasteiger partial charge in [-0.2, -0.15) is 0 Å². The first kappa shape index (κ1) is 23.3. The van der Waals surface area contributed by atoms with Crippen LogP contribution >= 0.6 is 8.58 Å². The zero-order valence-electron chi connectivity index (χ0n) is 17.9. The van der Waals surface area contributed by atoms with Gasteiger partial charge in [-0.3, -0.25) is 0 Å². The van der Waals surface area contributed by atoms with E-state index in [1.54, 1.807) is 0 Å². The van der Waals surface area contributed by atoms with Crippen molar-refractivity contribution in [3.63, 3.8) is 0 Å². The molecule has 1 nitrogen and oxygen atoms in total. The van der Waals surface area contributed by atoms with Gasteiger partial charge in [0, 0.05) is 12.3 Å². The van der Waals surface area contributed by atoms with Crippen LogP contribution in [0.15, 0.2) is 12.2 Å². The van der Waals surface area contributed by atoms with Gasteiger partial charge in [-0.05, 0) is 41.7 Å². The van der Waals surface area contributed by atoms with Crippen molar-refractivity contribution in [2.45, 2.75) is 78.1 Å². The average molecular weight is 386 g/mol. The standard InChI is InChI=1S/C22H42OPS/c1-16(11-12-17-13-14-17)18(24-8)21(4,5)22(6,7)19(25(9)10)20(2,3)15-23/h9,17-19,23-24H,1,11-15H2,2-8,10H3/q-1. The molecule has 3 unspecified atom stereocenters. The zero-order chi connectivity index (χ0) is 19.6. The van der Waals surface area contributed by atoms with E-state index >= 15 is 0 Å². The van der Waals surface area contributed by atoms with E-state index in [9.17, 15) is 5.11 Å². The van der Waals surface area contributed by atoms with Crippen LogP contribution in [-0.4, -0.2) is 35.5 Å². The third-order valence-electron chi connectivity index (χ3n) is 6.79. The van der Waals surface area contributed by atoms with Crippen molar-refractivity contribution in [1.29, 1.82) is 0 Å². The van der Waals surface area contributed by atoms with Gasteiger partial charge >= 0.3 is 0 Å². The second kappa shape index (κ2) is 8.52. The van der Waals surface area contributed by atoms with Crippen LogP contribution in [0.2, 0.25) is 0 Å². The Morgan fingerprint density at radius 3 is 2.08 bits per heavy atom. The van der Waals surface area contributed by atoms with Crippen LogP contribution in [0, 0.1) is 27.9 Å². The molecule has 0 aromatic heterocycles. The van der Waals surface area contributed by atoms with E-state index < -0.39 is 0 Å². The summed E-state index contributed by atoms with van der Waals surface area (Å²) in [6.07, 6.45) is 7.45. The Morgan fingerprint density at radius 2 is 1.72 bits per heavy atom. The quantitative estimate of drug-likeness (QED) is 0.291. The molecule has 1 aliphatic rings. The molecule has 1 saturated carbocycles. The van der Waals surface area contributed by atoms with Crippen molar-refractivity contribution >= 4 is 18.9 Å². The van der Waals surface area contributed by atoms with Crippen molar-refractivity contribution < 1.29 is 5.11 Å². The molecular weight excluding hydrogens is 343 g/mol. The van der Waals surface area contributed by atoms with Crippen LogP contribution < -0.4 is 0 Å². The fourth-order valence-corrected chi connectivity index (χ4v) is 8.71. The summed E-state index contributed by atoms with van der Waals surface area (Å²) in [5.74, 6) is 0.959. The Kier molecular flexibility index (Phi) is 7.94. The van der Waals surface area contributed by atoms with E-state index in [-0.39, 0.29) is 38.4 Å². The highest BCUT2D eigenvalue weighted by atomic mass is 32.2. The predicted octanol–water partition coefficient (Wildman–Crippen LogP) is 5.69. The maximum absolute atomic E-state index is 10.0. The molecule has 0 bridgehead atoms. The van der Waals surface area contributed by atoms with E-state index in [0.29, 0.717) is 5.66 Å². The Labute approximate surface area is 161 Å². The number of hydrogen-bond donors (Lipinski definition) is 1. The van der Waals surface area contributed by atoms with Gasteiger partial charge in [-0.15, -0.1) is 20.1 Å². The highest BCUT2D eigenvalue weighted by molar-refractivity contribution is 7.86. The predicted molar refractivity (Wildman–Crippen MR) is 120 cm³/mol. The minimum atomic E-state index is -0.258. The van der Waals surface area contributed by atoms with Crippen molar-refractivity contribution in [3.05, 3.63) is 12.2 Å². The molecule has 1 rings (SSSR count). The Balaban J connectivity index is 3.15. The summed E-state index contributed by atoms with van der Waals surface area (Å²) in [6.45, 7) is 20.9. The summed E-state index contributed by atoms with van der Waals surface area (Å²) < 4.78 is 0. The minimum Gasteiger partial charge on any atom is -0.456 e. The maximum Gasteiger partial charge on any atom is 0.0467 e. The number of aliphatic hydroxyl groups is 1. The molecule has 0 heterocycles. The molecular formula is C22H42OPS-. The van der Waals surface area contributed by atoms with Gasteiger partial charge in [0.25, 0.3) is 0 Å². The second-order valence-electron chi connectivity index (χ2n) is 9.94. The summed E-state index contributed by atoms with van der Waals surface area (Å²) >= 11 is 0. The van der Waals surface area contributed by atoms with Gasteiger partial charge in [-0.1, -0.05) is 66.5 Å². The van der Waals surface area contributed by atoms with Gasteiger partial charge in [0.2, 0.25) is 0 Å². The normalized spacial score (nSPS) is 19.6. The molecule has 0 aromatic carbocycles. The van der Waals surface area contributed by atoms with Crippen molar-refractivity contribution in [3.8, 4) is 5.69 Å². The van der Waals surface area contributed by atoms with Gasteiger partial charge in [0.15, 0.2) is 0 Å². The Morgan fingerprint density at radius 1 is 1.20 bits per heavy atom. The monoisotopic (exact) mass is 385 g/mol. The molecule has 3 atom stereocenters. The van der Waals surface area contributed by atoms with E-state index in [2.05, 4.69) is 61.0 Å². The Hall–Kier alpha value is 0.260. The van der Waals surface area contributed by atoms with E-state index in [0.717, 1.165) is 14.5 Å². The van der Waals surface area contributed by atoms with Crippen molar-refractivity contribution in [2.24, 2.45) is 22.2 Å². The lowest BCUT2D eigenvalue weighted by Gasteiger charge is -2.60. The van der Waals surface area contributed by atoms with Crippen LogP contribution in [0.1, 0.15) is 67.2 Å². The van der Waals surface area contributed by atoms with Crippen molar-refractivity contribution in [1.82, 2.24) is 0 Å². The third kappa shape index (κ3) is 5.16. The molecule has 1 aliphatic carbocycles. The van der Waals surface area contributed by atoms with E-state index in [4.69, 9.17) is 5.69 Å². The Bertz CT molecular complexity index is 534. The summed E-state index contributed by atoms with van der Waals surface area (Å²) in [5, 5.41) is 10.3. The fraction of sp³-hybridized carbons (Fsp3) is 0.864. The number of rotatable bonds is 10. The van der Waals surface area contributed by atoms with Gasteiger partial charge in [0.1, 0.15) is 0 Å². The van der Waals surface area contributed by atoms with E-state index in [1.165, 1.54) is 31.3 Å². The van der Waals surface area contributed by atoms with Crippen LogP contribution in [0.4, 0.5) is 0 Å². The lowest BCUT2D eigenvalue weighted by Crippen LogP contribution is -2.55. The topological polar surface area (TPSA) is 20.2 Å². The summed E-state index contributed by atoms with van der Waals surface area (Å²) in [7, 11) is 0.591. The molecule has 0 spiro atoms. The lowest BCUT2D eigenvalue weighted by molar-refractivity contribution is 0.0379. The molecule has 0 aromatic rings. The molecule has 0 saturated heterocycles. The van der Waals surface area contributed by atoms with Crippen LogP contribution in [0.5, 0.6) is 0 Å². The van der Waals surface area contributed by atoms with Gasteiger partial charge in [0.05, 0.1) is 0 Å². The molecule has 1 N–H and O–H groups in total. The van der Waals surface area contributed by atoms with Crippen LogP contribution in [-0.2, 0) is 10.3 Å². The SMILES string of the molecule is C#[S-](C)C(C(C)(C)CO)C(C)(C)C(C)(C)C(PC)C(=C)CCC1CC1. The molecule has 0 aliphatic heterocycles. The van der Waals surface area contributed by atoms with Gasteiger partial charge < -0.3 is 21.1 Å². The van der Waals surface area contributed by atoms with Crippen molar-refractivity contribution in [2.75, 3.05) is 19.5 Å². The summed E-state index contributed by atoms with van der Waals surface area (Å²) in [6, 6.07) is 0. The molecule has 25 heavy (non-hydrogen) atoms. The first-order valence-electron chi connectivity index (χ1n) is 9.67. The number of allylic oxidation sites excluding steroid dienone is 1. The first-order valence-corrected chi connectivity index (χ1v) is 13.0. The lowest BCUT2D eigenvalue weighted by atomic mass is 9.58. The first-order chi connectivity index (χ1) is 11.3. The fourth-order valence-electron chi connectivity index (χ4n) is 4.75. The smallest absolute Gasteiger partial charge is 0.0467 e. The molecule has 0 radical (unpaired) electrons. The minimum absolute atomic E-state index is 0.00202. The summed E-state index contributed by atoms with van der Waals surface area (Å²) in [4.78, 5) is 0. The summed E-state index contributed by atoms with van der Waals surface area (Å²) in [5.41, 5.74) is 8.34. The van der Waals surface area contributed by atoms with Crippen LogP contribution in [0.3, 0.4) is 0 Å². The highest BCUT2D eigenvalue weighted by Gasteiger charge is 2.48. The van der Waals surface area contributed by atoms with Gasteiger partial charge in [-0.25, -0.2) is 0 Å². The number of hydrogen-bond acceptors (Lipinski definition) is 2. The number of aliphatic hydroxyl groups excluding tert-OH is 1. The second-order valence-corrected chi connectivity index (χ2v) is 12.8. The zero-order valence-corrected chi connectivity index (χ0v) is 19.7. The molecule has 3 heteroatoms.